The van der Waals surface area contributed by atoms with Gasteiger partial charge in [-0.3, -0.25) is 19.4 Å². The lowest BCUT2D eigenvalue weighted by Crippen LogP contribution is -2.50. The number of amides is 1. The molecular formula is C20H24N8O7. The number of aliphatic carboxylic acids is 2. The summed E-state index contributed by atoms with van der Waals surface area (Å²) in [6.45, 7) is 0.441. The number of benzene rings is 1. The van der Waals surface area contributed by atoms with E-state index >= 15 is 0 Å². The fourth-order valence-corrected chi connectivity index (χ4v) is 3.59. The minimum atomic E-state index is -1.36. The first-order valence-corrected chi connectivity index (χ1v) is 10.4. The lowest BCUT2D eigenvalue weighted by molar-refractivity contribution is -0.140. The number of H-pyrrole nitrogens is 1. The van der Waals surface area contributed by atoms with Gasteiger partial charge in [0.1, 0.15) is 11.7 Å². The zero-order valence-corrected chi connectivity index (χ0v) is 18.6. The topological polar surface area (TPSA) is 223 Å². The van der Waals surface area contributed by atoms with E-state index in [-0.39, 0.29) is 36.2 Å². The fourth-order valence-electron chi connectivity index (χ4n) is 3.59. The number of nitrogens with two attached hydrogens (primary N) is 1. The number of aromatic amines is 1. The summed E-state index contributed by atoms with van der Waals surface area (Å²) >= 11 is 0. The predicted molar refractivity (Wildman–Crippen MR) is 125 cm³/mol. The molecule has 1 amide bonds. The van der Waals surface area contributed by atoms with Crippen LogP contribution < -0.4 is 31.8 Å². The number of carbonyl (C=O) groups excluding carboxylic acids is 1. The first kappa shape index (κ1) is 24.9. The third-order valence-corrected chi connectivity index (χ3v) is 5.48. The molecule has 2 aromatic rings. The second-order valence-corrected chi connectivity index (χ2v) is 7.80. The highest BCUT2D eigenvalue weighted by molar-refractivity contribution is 5.97. The number of hydrogen-bond acceptors (Lipinski definition) is 10. The Labute approximate surface area is 197 Å². The van der Waals surface area contributed by atoms with E-state index in [9.17, 15) is 29.2 Å². The second kappa shape index (κ2) is 10.5. The van der Waals surface area contributed by atoms with Crippen molar-refractivity contribution >= 4 is 41.0 Å². The maximum atomic E-state index is 12.4. The summed E-state index contributed by atoms with van der Waals surface area (Å²) in [7, 11) is 1.68. The van der Waals surface area contributed by atoms with Gasteiger partial charge in [0.2, 0.25) is 5.95 Å². The number of rotatable bonds is 10. The molecule has 1 aromatic heterocycles. The molecule has 7 N–H and O–H groups in total. The van der Waals surface area contributed by atoms with Gasteiger partial charge in [-0.25, -0.2) is 9.80 Å². The number of anilines is 4. The van der Waals surface area contributed by atoms with Gasteiger partial charge in [-0.2, -0.15) is 4.98 Å². The van der Waals surface area contributed by atoms with E-state index in [2.05, 4.69) is 25.9 Å². The molecule has 35 heavy (non-hydrogen) atoms. The first-order chi connectivity index (χ1) is 16.6. The van der Waals surface area contributed by atoms with Crippen LogP contribution in [0.5, 0.6) is 0 Å². The molecule has 0 fully saturated rings. The molecule has 0 aliphatic carbocycles. The van der Waals surface area contributed by atoms with Gasteiger partial charge in [-0.15, -0.1) is 4.91 Å². The number of likely N-dealkylation sites (N-methyl/N-ethyl adjacent to an activating group) is 1. The van der Waals surface area contributed by atoms with E-state index in [4.69, 9.17) is 10.8 Å². The molecule has 15 heteroatoms. The summed E-state index contributed by atoms with van der Waals surface area (Å²) < 4.78 is 0. The molecule has 0 radical (unpaired) electrons. The van der Waals surface area contributed by atoms with Gasteiger partial charge in [0.25, 0.3) is 11.5 Å². The van der Waals surface area contributed by atoms with Gasteiger partial charge in [0, 0.05) is 25.6 Å². The first-order valence-electron chi connectivity index (χ1n) is 10.4. The molecule has 2 heterocycles. The zero-order chi connectivity index (χ0) is 25.7. The molecule has 1 aliphatic heterocycles. The van der Waals surface area contributed by atoms with Crippen LogP contribution in [0.1, 0.15) is 23.2 Å². The van der Waals surface area contributed by atoms with Crippen LogP contribution in [0.2, 0.25) is 0 Å². The maximum Gasteiger partial charge on any atom is 0.326 e. The molecule has 1 aliphatic rings. The van der Waals surface area contributed by atoms with Crippen LogP contribution in [-0.4, -0.2) is 70.2 Å². The standard InChI is InChI=1S/C20H24N8O7/c1-27-12(8-22-16-15(27)18(32)25-20(21)24-16)9-28(26-35)11-4-2-10(3-5-11)17(31)23-13(19(33)34)6-7-14(29)30/h2-5,12-13H,6-9H2,1H3,(H,23,31)(H,29,30)(H,33,34)(H4,21,22,24,25,32)/t12-,13+/m1/s1. The maximum absolute atomic E-state index is 12.4. The number of carboxylic acids is 2. The summed E-state index contributed by atoms with van der Waals surface area (Å²) in [5, 5.41) is 27.4. The third kappa shape index (κ3) is 5.82. The summed E-state index contributed by atoms with van der Waals surface area (Å²) in [6, 6.07) is 3.98. The molecule has 0 saturated heterocycles. The van der Waals surface area contributed by atoms with Crippen molar-refractivity contribution in [3.63, 3.8) is 0 Å². The van der Waals surface area contributed by atoms with Crippen LogP contribution >= 0.6 is 0 Å². The number of nitroso groups, excluding NO2 is 1. The highest BCUT2D eigenvalue weighted by Crippen LogP contribution is 2.26. The monoisotopic (exact) mass is 488 g/mol. The predicted octanol–water partition coefficient (Wildman–Crippen LogP) is -0.182. The summed E-state index contributed by atoms with van der Waals surface area (Å²) in [5.41, 5.74) is 5.88. The molecule has 2 atom stereocenters. The van der Waals surface area contributed by atoms with Crippen LogP contribution in [0.25, 0.3) is 0 Å². The lowest BCUT2D eigenvalue weighted by Gasteiger charge is -2.36. The van der Waals surface area contributed by atoms with Gasteiger partial charge in [-0.1, -0.05) is 0 Å². The Morgan fingerprint density at radius 2 is 2.00 bits per heavy atom. The molecule has 0 saturated carbocycles. The molecule has 0 bridgehead atoms. The van der Waals surface area contributed by atoms with E-state index in [1.165, 1.54) is 24.3 Å². The molecule has 0 unspecified atom stereocenters. The van der Waals surface area contributed by atoms with E-state index in [1.807, 2.05) is 0 Å². The van der Waals surface area contributed by atoms with E-state index in [0.29, 0.717) is 18.1 Å². The summed E-state index contributed by atoms with van der Waals surface area (Å²) in [4.78, 5) is 66.4. The van der Waals surface area contributed by atoms with Crippen molar-refractivity contribution in [3.05, 3.63) is 45.1 Å². The number of carboxylic acid groups (broad SMARTS) is 2. The SMILES string of the molecule is CN1c2c(nc(N)[nH]c2=O)NC[C@@H]1CN(N=O)c1ccc(C(=O)N[C@@H](CCC(=O)O)C(=O)O)cc1. The van der Waals surface area contributed by atoms with Crippen LogP contribution in [0.3, 0.4) is 0 Å². The van der Waals surface area contributed by atoms with Crippen molar-refractivity contribution < 1.29 is 24.6 Å². The number of carbonyl (C=O) groups is 3. The van der Waals surface area contributed by atoms with Crippen LogP contribution in [0.15, 0.2) is 34.3 Å². The van der Waals surface area contributed by atoms with Crippen molar-refractivity contribution in [1.82, 2.24) is 15.3 Å². The largest absolute Gasteiger partial charge is 0.481 e. The fraction of sp³-hybridized carbons (Fsp3) is 0.350. The Bertz CT molecular complexity index is 1180. The van der Waals surface area contributed by atoms with Gasteiger partial charge in [0.05, 0.1) is 23.6 Å². The van der Waals surface area contributed by atoms with Gasteiger partial charge in [0.15, 0.2) is 5.82 Å². The molecular weight excluding hydrogens is 464 g/mol. The minimum absolute atomic E-state index is 0.0232. The van der Waals surface area contributed by atoms with E-state index in [1.54, 1.807) is 11.9 Å². The van der Waals surface area contributed by atoms with Crippen molar-refractivity contribution in [2.45, 2.75) is 24.9 Å². The van der Waals surface area contributed by atoms with Gasteiger partial charge >= 0.3 is 11.9 Å². The number of nitrogens with one attached hydrogen (secondary N) is 3. The second-order valence-electron chi connectivity index (χ2n) is 7.80. The van der Waals surface area contributed by atoms with Crippen molar-refractivity contribution in [2.24, 2.45) is 5.29 Å². The Kier molecular flexibility index (Phi) is 7.48. The van der Waals surface area contributed by atoms with Gasteiger partial charge in [-0.05, 0) is 30.7 Å². The Hall–Kier alpha value is -4.69. The average molecular weight is 488 g/mol. The van der Waals surface area contributed by atoms with Gasteiger partial charge < -0.3 is 31.5 Å². The van der Waals surface area contributed by atoms with Crippen LogP contribution in [0, 0.1) is 4.91 Å². The third-order valence-electron chi connectivity index (χ3n) is 5.48. The molecule has 186 valence electrons. The van der Waals surface area contributed by atoms with E-state index < -0.39 is 35.9 Å². The summed E-state index contributed by atoms with van der Waals surface area (Å²) in [6.07, 6.45) is -0.686. The zero-order valence-electron chi connectivity index (χ0n) is 18.6. The molecule has 15 nitrogen and oxygen atoms in total. The minimum Gasteiger partial charge on any atom is -0.481 e. The van der Waals surface area contributed by atoms with E-state index in [0.717, 1.165) is 5.01 Å². The summed E-state index contributed by atoms with van der Waals surface area (Å²) in [5.74, 6) is -2.93. The van der Waals surface area contributed by atoms with Crippen molar-refractivity contribution in [3.8, 4) is 0 Å². The Morgan fingerprint density at radius 1 is 1.31 bits per heavy atom. The number of fused-ring (bicyclic) bond motifs is 1. The number of aromatic nitrogens is 2. The van der Waals surface area contributed by atoms with Crippen molar-refractivity contribution in [2.75, 3.05) is 41.1 Å². The normalized spacial score (nSPS) is 15.3. The number of nitrogens with zero attached hydrogens (tertiary/aromatic N) is 4. The molecule has 3 rings (SSSR count). The van der Waals surface area contributed by atoms with Crippen LogP contribution in [0.4, 0.5) is 23.1 Å². The Balaban J connectivity index is 1.69. The highest BCUT2D eigenvalue weighted by atomic mass is 16.4. The smallest absolute Gasteiger partial charge is 0.326 e. The lowest BCUT2D eigenvalue weighted by atomic mass is 10.1. The average Bonchev–Trinajstić information content (AvgIpc) is 2.80. The highest BCUT2D eigenvalue weighted by Gasteiger charge is 2.29. The molecule has 0 spiro atoms. The quantitative estimate of drug-likeness (QED) is 0.189. The number of nitrogen functional groups attached to an aromatic ring is 1. The van der Waals surface area contributed by atoms with Crippen molar-refractivity contribution in [1.29, 1.82) is 0 Å². The van der Waals surface area contributed by atoms with Crippen LogP contribution in [-0.2, 0) is 9.59 Å². The Morgan fingerprint density at radius 3 is 2.60 bits per heavy atom. The molecule has 1 aromatic carbocycles. The number of hydrogen-bond donors (Lipinski definition) is 6.